The van der Waals surface area contributed by atoms with Gasteiger partial charge in [0, 0.05) is 12.7 Å². The molecule has 1 aliphatic rings. The van der Waals surface area contributed by atoms with Gasteiger partial charge in [0.15, 0.2) is 0 Å². The third-order valence-corrected chi connectivity index (χ3v) is 4.87. The Labute approximate surface area is 143 Å². The zero-order valence-electron chi connectivity index (χ0n) is 14.3. The van der Waals surface area contributed by atoms with Crippen LogP contribution in [0.25, 0.3) is 0 Å². The van der Waals surface area contributed by atoms with Crippen LogP contribution < -0.4 is 0 Å². The minimum atomic E-state index is -0.694. The molecule has 126 valence electrons. The fourth-order valence-electron chi connectivity index (χ4n) is 3.52. The molecule has 2 aromatic rings. The van der Waals surface area contributed by atoms with E-state index >= 15 is 0 Å². The standard InChI is InChI=1S/C20H24N2O2/c1-14-7-9-16(10-8-14)19(18-15(2)5-3-11-21-18)22-12-4-6-17(13-22)20(23)24/h3,5,7-11,17,19H,4,6,12-13H2,1-2H3,(H,23,24). The van der Waals surface area contributed by atoms with E-state index in [1.54, 1.807) is 0 Å². The molecule has 0 radical (unpaired) electrons. The van der Waals surface area contributed by atoms with Crippen LogP contribution in [-0.2, 0) is 4.79 Å². The maximum absolute atomic E-state index is 11.5. The average Bonchev–Trinajstić information content (AvgIpc) is 2.59. The SMILES string of the molecule is Cc1ccc(C(c2ncccc2C)N2CCCC(C(=O)O)C2)cc1. The lowest BCUT2D eigenvalue weighted by molar-refractivity contribution is -0.143. The molecule has 2 unspecified atom stereocenters. The Morgan fingerprint density at radius 1 is 1.25 bits per heavy atom. The van der Waals surface area contributed by atoms with E-state index in [0.717, 1.165) is 30.6 Å². The van der Waals surface area contributed by atoms with Gasteiger partial charge in [-0.05, 0) is 50.4 Å². The van der Waals surface area contributed by atoms with Crippen LogP contribution in [0, 0.1) is 19.8 Å². The molecule has 1 saturated heterocycles. The first-order chi connectivity index (χ1) is 11.6. The maximum Gasteiger partial charge on any atom is 0.307 e. The van der Waals surface area contributed by atoms with E-state index in [0.29, 0.717) is 6.54 Å². The molecular formula is C20H24N2O2. The summed E-state index contributed by atoms with van der Waals surface area (Å²) in [6.45, 7) is 5.62. The number of piperidine rings is 1. The Morgan fingerprint density at radius 2 is 2.00 bits per heavy atom. The monoisotopic (exact) mass is 324 g/mol. The molecule has 0 bridgehead atoms. The number of likely N-dealkylation sites (tertiary alicyclic amines) is 1. The molecule has 1 fully saturated rings. The van der Waals surface area contributed by atoms with Crippen molar-refractivity contribution in [3.8, 4) is 0 Å². The fraction of sp³-hybridized carbons (Fsp3) is 0.400. The lowest BCUT2D eigenvalue weighted by atomic mass is 9.92. The van der Waals surface area contributed by atoms with Crippen molar-refractivity contribution in [1.29, 1.82) is 0 Å². The van der Waals surface area contributed by atoms with E-state index in [-0.39, 0.29) is 12.0 Å². The summed E-state index contributed by atoms with van der Waals surface area (Å²) in [6, 6.07) is 12.5. The average molecular weight is 324 g/mol. The van der Waals surface area contributed by atoms with Gasteiger partial charge in [-0.15, -0.1) is 0 Å². The van der Waals surface area contributed by atoms with E-state index in [9.17, 15) is 9.90 Å². The lowest BCUT2D eigenvalue weighted by Gasteiger charge is -2.37. The van der Waals surface area contributed by atoms with Crippen molar-refractivity contribution in [2.45, 2.75) is 32.7 Å². The van der Waals surface area contributed by atoms with Crippen molar-refractivity contribution in [3.05, 3.63) is 65.0 Å². The second kappa shape index (κ2) is 7.14. The molecule has 1 aromatic heterocycles. The number of pyridine rings is 1. The largest absolute Gasteiger partial charge is 0.481 e. The first-order valence-electron chi connectivity index (χ1n) is 8.51. The molecule has 4 heteroatoms. The molecule has 0 aliphatic carbocycles. The van der Waals surface area contributed by atoms with Gasteiger partial charge in [0.25, 0.3) is 0 Å². The van der Waals surface area contributed by atoms with Gasteiger partial charge in [0.2, 0.25) is 0 Å². The highest BCUT2D eigenvalue weighted by Crippen LogP contribution is 2.33. The first kappa shape index (κ1) is 16.7. The number of aliphatic carboxylic acids is 1. The molecule has 0 spiro atoms. The summed E-state index contributed by atoms with van der Waals surface area (Å²) in [6.07, 6.45) is 3.49. The molecule has 3 rings (SSSR count). The Balaban J connectivity index is 2.00. The number of nitrogens with zero attached hydrogens (tertiary/aromatic N) is 2. The Morgan fingerprint density at radius 3 is 2.67 bits per heavy atom. The number of carbonyl (C=O) groups is 1. The quantitative estimate of drug-likeness (QED) is 0.934. The smallest absolute Gasteiger partial charge is 0.307 e. The van der Waals surface area contributed by atoms with Crippen LogP contribution in [0.2, 0.25) is 0 Å². The molecule has 2 atom stereocenters. The molecule has 24 heavy (non-hydrogen) atoms. The fourth-order valence-corrected chi connectivity index (χ4v) is 3.52. The van der Waals surface area contributed by atoms with Crippen molar-refractivity contribution in [2.24, 2.45) is 5.92 Å². The van der Waals surface area contributed by atoms with Gasteiger partial charge in [-0.2, -0.15) is 0 Å². The predicted octanol–water partition coefficient (Wildman–Crippen LogP) is 3.58. The van der Waals surface area contributed by atoms with Crippen LogP contribution in [0.15, 0.2) is 42.6 Å². The van der Waals surface area contributed by atoms with Crippen LogP contribution in [0.1, 0.15) is 41.3 Å². The molecule has 1 N–H and O–H groups in total. The Hall–Kier alpha value is -2.20. The van der Waals surface area contributed by atoms with Crippen LogP contribution in [0.3, 0.4) is 0 Å². The highest BCUT2D eigenvalue weighted by molar-refractivity contribution is 5.70. The van der Waals surface area contributed by atoms with E-state index in [1.807, 2.05) is 12.3 Å². The van der Waals surface area contributed by atoms with Gasteiger partial charge in [-0.25, -0.2) is 0 Å². The number of benzene rings is 1. The summed E-state index contributed by atoms with van der Waals surface area (Å²) in [5.74, 6) is -0.990. The summed E-state index contributed by atoms with van der Waals surface area (Å²) < 4.78 is 0. The second-order valence-corrected chi connectivity index (χ2v) is 6.69. The molecule has 0 amide bonds. The number of hydrogen-bond donors (Lipinski definition) is 1. The molecule has 2 heterocycles. The Kier molecular flexibility index (Phi) is 4.95. The maximum atomic E-state index is 11.5. The van der Waals surface area contributed by atoms with Crippen LogP contribution in [0.4, 0.5) is 0 Å². The zero-order chi connectivity index (χ0) is 17.1. The topological polar surface area (TPSA) is 53.4 Å². The number of hydrogen-bond acceptors (Lipinski definition) is 3. The molecular weight excluding hydrogens is 300 g/mol. The van der Waals surface area contributed by atoms with Crippen molar-refractivity contribution in [2.75, 3.05) is 13.1 Å². The van der Waals surface area contributed by atoms with Crippen molar-refractivity contribution in [3.63, 3.8) is 0 Å². The summed E-state index contributed by atoms with van der Waals surface area (Å²) in [4.78, 5) is 18.4. The van der Waals surface area contributed by atoms with E-state index in [2.05, 4.69) is 54.1 Å². The van der Waals surface area contributed by atoms with Crippen molar-refractivity contribution in [1.82, 2.24) is 9.88 Å². The molecule has 0 saturated carbocycles. The van der Waals surface area contributed by atoms with Crippen LogP contribution in [-0.4, -0.2) is 34.0 Å². The number of carboxylic acids is 1. The number of aromatic nitrogens is 1. The predicted molar refractivity (Wildman–Crippen MR) is 93.9 cm³/mol. The summed E-state index contributed by atoms with van der Waals surface area (Å²) in [5, 5.41) is 9.43. The first-order valence-corrected chi connectivity index (χ1v) is 8.51. The van der Waals surface area contributed by atoms with Gasteiger partial charge in [-0.3, -0.25) is 14.7 Å². The minimum absolute atomic E-state index is 0.00829. The molecule has 4 nitrogen and oxygen atoms in total. The van der Waals surface area contributed by atoms with Gasteiger partial charge >= 0.3 is 5.97 Å². The number of carboxylic acid groups (broad SMARTS) is 1. The molecule has 1 aromatic carbocycles. The van der Waals surface area contributed by atoms with Crippen molar-refractivity contribution < 1.29 is 9.90 Å². The summed E-state index contributed by atoms with van der Waals surface area (Å²) in [7, 11) is 0. The second-order valence-electron chi connectivity index (χ2n) is 6.69. The summed E-state index contributed by atoms with van der Waals surface area (Å²) >= 11 is 0. The Bertz CT molecular complexity index is 712. The van der Waals surface area contributed by atoms with Crippen LogP contribution in [0.5, 0.6) is 0 Å². The van der Waals surface area contributed by atoms with E-state index < -0.39 is 5.97 Å². The highest BCUT2D eigenvalue weighted by atomic mass is 16.4. The van der Waals surface area contributed by atoms with Gasteiger partial charge in [0.1, 0.15) is 0 Å². The third-order valence-electron chi connectivity index (χ3n) is 4.87. The minimum Gasteiger partial charge on any atom is -0.481 e. The van der Waals surface area contributed by atoms with Gasteiger partial charge < -0.3 is 5.11 Å². The van der Waals surface area contributed by atoms with E-state index in [4.69, 9.17) is 0 Å². The molecule has 1 aliphatic heterocycles. The van der Waals surface area contributed by atoms with Crippen molar-refractivity contribution >= 4 is 5.97 Å². The zero-order valence-corrected chi connectivity index (χ0v) is 14.3. The normalized spacial score (nSPS) is 19.8. The lowest BCUT2D eigenvalue weighted by Crippen LogP contribution is -2.41. The van der Waals surface area contributed by atoms with Gasteiger partial charge in [-0.1, -0.05) is 35.9 Å². The number of aryl methyl sites for hydroxylation is 2. The van der Waals surface area contributed by atoms with Crippen LogP contribution >= 0.6 is 0 Å². The third kappa shape index (κ3) is 3.49. The van der Waals surface area contributed by atoms with E-state index in [1.165, 1.54) is 11.1 Å². The van der Waals surface area contributed by atoms with Gasteiger partial charge in [0.05, 0.1) is 17.7 Å². The number of rotatable bonds is 4. The highest BCUT2D eigenvalue weighted by Gasteiger charge is 2.32. The summed E-state index contributed by atoms with van der Waals surface area (Å²) in [5.41, 5.74) is 4.55.